The quantitative estimate of drug-likeness (QED) is 0.438. The summed E-state index contributed by atoms with van der Waals surface area (Å²) in [5, 5.41) is 3.78. The minimum atomic E-state index is -0.213. The number of para-hydroxylation sites is 2. The van der Waals surface area contributed by atoms with E-state index in [0.717, 1.165) is 25.5 Å². The Hall–Kier alpha value is -2.31. The molecule has 0 saturated carbocycles. The van der Waals surface area contributed by atoms with E-state index in [0.29, 0.717) is 11.6 Å². The lowest BCUT2D eigenvalue weighted by molar-refractivity contribution is 0.0935. The SMILES string of the molecule is O=C(NCSc1nc2ccccc2s1)c1cc2ccccc2o1. The number of hydrogen-bond donors (Lipinski definition) is 1. The van der Waals surface area contributed by atoms with Gasteiger partial charge in [0.2, 0.25) is 0 Å². The minimum absolute atomic E-state index is 0.213. The molecule has 2 aromatic heterocycles. The molecule has 4 nitrogen and oxygen atoms in total. The second-order valence-corrected chi connectivity index (χ2v) is 7.14. The first-order valence-corrected chi connectivity index (χ1v) is 8.85. The number of carbonyl (C=O) groups is 1. The third-order valence-corrected chi connectivity index (χ3v) is 5.41. The summed E-state index contributed by atoms with van der Waals surface area (Å²) >= 11 is 3.14. The molecule has 0 bridgehead atoms. The van der Waals surface area contributed by atoms with Gasteiger partial charge in [-0.15, -0.1) is 11.3 Å². The van der Waals surface area contributed by atoms with Crippen LogP contribution in [-0.2, 0) is 0 Å². The summed E-state index contributed by atoms with van der Waals surface area (Å²) in [6.45, 7) is 0. The molecule has 4 rings (SSSR count). The Balaban J connectivity index is 1.41. The Kier molecular flexibility index (Phi) is 3.77. The molecule has 114 valence electrons. The molecular weight excluding hydrogens is 328 g/mol. The van der Waals surface area contributed by atoms with E-state index in [9.17, 15) is 4.79 Å². The Labute approximate surface area is 140 Å². The van der Waals surface area contributed by atoms with Crippen molar-refractivity contribution in [2.75, 3.05) is 5.88 Å². The first-order valence-electron chi connectivity index (χ1n) is 7.05. The molecule has 23 heavy (non-hydrogen) atoms. The molecular formula is C17H12N2O2S2. The number of nitrogens with zero attached hydrogens (tertiary/aromatic N) is 1. The molecule has 0 unspecified atom stereocenters. The van der Waals surface area contributed by atoms with Gasteiger partial charge in [-0.3, -0.25) is 4.79 Å². The van der Waals surface area contributed by atoms with Crippen LogP contribution in [0.2, 0.25) is 0 Å². The molecule has 1 amide bonds. The van der Waals surface area contributed by atoms with Crippen LogP contribution in [0, 0.1) is 0 Å². The van der Waals surface area contributed by atoms with E-state index in [2.05, 4.69) is 10.3 Å². The Morgan fingerprint density at radius 3 is 2.87 bits per heavy atom. The number of amides is 1. The third kappa shape index (κ3) is 2.95. The number of fused-ring (bicyclic) bond motifs is 2. The van der Waals surface area contributed by atoms with Crippen LogP contribution in [0.3, 0.4) is 0 Å². The summed E-state index contributed by atoms with van der Waals surface area (Å²) in [7, 11) is 0. The molecule has 1 N–H and O–H groups in total. The van der Waals surface area contributed by atoms with E-state index in [4.69, 9.17) is 4.42 Å². The Bertz CT molecular complexity index is 924. The summed E-state index contributed by atoms with van der Waals surface area (Å²) in [6.07, 6.45) is 0. The number of furan rings is 1. The molecule has 0 radical (unpaired) electrons. The van der Waals surface area contributed by atoms with Gasteiger partial charge in [0.1, 0.15) is 5.58 Å². The number of benzene rings is 2. The van der Waals surface area contributed by atoms with Crippen molar-refractivity contribution in [3.8, 4) is 0 Å². The highest BCUT2D eigenvalue weighted by molar-refractivity contribution is 8.01. The molecule has 0 aliphatic carbocycles. The van der Waals surface area contributed by atoms with Gasteiger partial charge in [0, 0.05) is 5.39 Å². The maximum Gasteiger partial charge on any atom is 0.287 e. The Morgan fingerprint density at radius 2 is 2.00 bits per heavy atom. The second kappa shape index (κ2) is 6.06. The van der Waals surface area contributed by atoms with Crippen LogP contribution in [0.1, 0.15) is 10.6 Å². The lowest BCUT2D eigenvalue weighted by Gasteiger charge is -2.00. The maximum atomic E-state index is 12.1. The molecule has 0 atom stereocenters. The van der Waals surface area contributed by atoms with Crippen LogP contribution in [0.25, 0.3) is 21.2 Å². The standard InChI is InChI=1S/C17H12N2O2S2/c20-16(14-9-11-5-1-3-7-13(11)21-14)18-10-22-17-19-12-6-2-4-8-15(12)23-17/h1-9H,10H2,(H,18,20). The smallest absolute Gasteiger partial charge is 0.287 e. The Morgan fingerprint density at radius 1 is 1.17 bits per heavy atom. The number of hydrogen-bond acceptors (Lipinski definition) is 5. The fourth-order valence-corrected chi connectivity index (χ4v) is 4.13. The number of thioether (sulfide) groups is 1. The number of carbonyl (C=O) groups excluding carboxylic acids is 1. The molecule has 2 heterocycles. The van der Waals surface area contributed by atoms with Gasteiger partial charge in [-0.05, 0) is 24.3 Å². The number of nitrogens with one attached hydrogen (secondary N) is 1. The van der Waals surface area contributed by atoms with Crippen molar-refractivity contribution in [2.45, 2.75) is 4.34 Å². The average molecular weight is 340 g/mol. The lowest BCUT2D eigenvalue weighted by atomic mass is 10.2. The van der Waals surface area contributed by atoms with Crippen molar-refractivity contribution in [3.63, 3.8) is 0 Å². The van der Waals surface area contributed by atoms with Crippen LogP contribution in [0.15, 0.2) is 63.4 Å². The summed E-state index contributed by atoms with van der Waals surface area (Å²) in [6, 6.07) is 17.3. The highest BCUT2D eigenvalue weighted by atomic mass is 32.2. The largest absolute Gasteiger partial charge is 0.451 e. The highest BCUT2D eigenvalue weighted by Crippen LogP contribution is 2.28. The van der Waals surface area contributed by atoms with Gasteiger partial charge in [0.05, 0.1) is 16.1 Å². The van der Waals surface area contributed by atoms with E-state index in [1.807, 2.05) is 48.5 Å². The highest BCUT2D eigenvalue weighted by Gasteiger charge is 2.12. The number of rotatable bonds is 4. The third-order valence-electron chi connectivity index (χ3n) is 3.35. The monoisotopic (exact) mass is 340 g/mol. The normalized spacial score (nSPS) is 11.1. The first-order chi connectivity index (χ1) is 11.3. The van der Waals surface area contributed by atoms with Gasteiger partial charge < -0.3 is 9.73 Å². The molecule has 0 saturated heterocycles. The van der Waals surface area contributed by atoms with Crippen molar-refractivity contribution >= 4 is 50.2 Å². The van der Waals surface area contributed by atoms with Gasteiger partial charge in [-0.2, -0.15) is 0 Å². The van der Waals surface area contributed by atoms with Crippen LogP contribution in [0.4, 0.5) is 0 Å². The summed E-state index contributed by atoms with van der Waals surface area (Å²) < 4.78 is 7.64. The zero-order valence-corrected chi connectivity index (χ0v) is 13.6. The van der Waals surface area contributed by atoms with Crippen LogP contribution in [-0.4, -0.2) is 16.8 Å². The number of aromatic nitrogens is 1. The topological polar surface area (TPSA) is 55.1 Å². The molecule has 0 aliphatic heterocycles. The predicted octanol–water partition coefficient (Wildman–Crippen LogP) is 4.52. The van der Waals surface area contributed by atoms with Gasteiger partial charge >= 0.3 is 0 Å². The fourth-order valence-electron chi connectivity index (χ4n) is 2.26. The van der Waals surface area contributed by atoms with Crippen molar-refractivity contribution in [1.82, 2.24) is 10.3 Å². The van der Waals surface area contributed by atoms with Crippen molar-refractivity contribution in [3.05, 3.63) is 60.4 Å². The zero-order valence-electron chi connectivity index (χ0n) is 12.0. The summed E-state index contributed by atoms with van der Waals surface area (Å²) in [5.41, 5.74) is 1.71. The van der Waals surface area contributed by atoms with Gasteiger partial charge in [-0.25, -0.2) is 4.98 Å². The first kappa shape index (κ1) is 14.3. The maximum absolute atomic E-state index is 12.1. The van der Waals surface area contributed by atoms with Crippen LogP contribution >= 0.6 is 23.1 Å². The molecule has 6 heteroatoms. The summed E-state index contributed by atoms with van der Waals surface area (Å²) in [4.78, 5) is 16.7. The average Bonchev–Trinajstić information content (AvgIpc) is 3.18. The molecule has 0 fully saturated rings. The van der Waals surface area contributed by atoms with Crippen LogP contribution < -0.4 is 5.32 Å². The van der Waals surface area contributed by atoms with Gasteiger partial charge in [0.25, 0.3) is 5.91 Å². The second-order valence-electron chi connectivity index (χ2n) is 4.89. The molecule has 0 aliphatic rings. The van der Waals surface area contributed by atoms with E-state index in [-0.39, 0.29) is 5.91 Å². The predicted molar refractivity (Wildman–Crippen MR) is 94.0 cm³/mol. The molecule has 2 aromatic carbocycles. The van der Waals surface area contributed by atoms with Crippen molar-refractivity contribution in [2.24, 2.45) is 0 Å². The van der Waals surface area contributed by atoms with Crippen LogP contribution in [0.5, 0.6) is 0 Å². The van der Waals surface area contributed by atoms with E-state index >= 15 is 0 Å². The lowest BCUT2D eigenvalue weighted by Crippen LogP contribution is -2.22. The molecule has 0 spiro atoms. The van der Waals surface area contributed by atoms with Crippen molar-refractivity contribution < 1.29 is 9.21 Å². The van der Waals surface area contributed by atoms with E-state index in [1.54, 1.807) is 17.4 Å². The number of thiazole rings is 1. The summed E-state index contributed by atoms with van der Waals surface area (Å²) in [5.74, 6) is 0.571. The van der Waals surface area contributed by atoms with Crippen molar-refractivity contribution in [1.29, 1.82) is 0 Å². The van der Waals surface area contributed by atoms with Gasteiger partial charge in [-0.1, -0.05) is 42.1 Å². The van der Waals surface area contributed by atoms with E-state index < -0.39 is 0 Å². The van der Waals surface area contributed by atoms with Gasteiger partial charge in [0.15, 0.2) is 10.1 Å². The minimum Gasteiger partial charge on any atom is -0.451 e. The fraction of sp³-hybridized carbons (Fsp3) is 0.0588. The zero-order chi connectivity index (χ0) is 15.6. The molecule has 4 aromatic rings. The van der Waals surface area contributed by atoms with E-state index in [1.165, 1.54) is 11.8 Å².